The molecule has 0 amide bonds. The summed E-state index contributed by atoms with van der Waals surface area (Å²) in [5.74, 6) is -0.316. The van der Waals surface area contributed by atoms with Crippen LogP contribution in [0.5, 0.6) is 0 Å². The fourth-order valence-corrected chi connectivity index (χ4v) is 7.18. The summed E-state index contributed by atoms with van der Waals surface area (Å²) in [5.41, 5.74) is 9.31. The van der Waals surface area contributed by atoms with Crippen LogP contribution in [0.25, 0.3) is 10.8 Å². The van der Waals surface area contributed by atoms with Gasteiger partial charge in [0, 0.05) is 46.6 Å². The van der Waals surface area contributed by atoms with Crippen molar-refractivity contribution in [2.45, 2.75) is 79.7 Å². The number of anilines is 1. The number of rotatable bonds is 8. The number of esters is 1. The predicted molar refractivity (Wildman–Crippen MR) is 196 cm³/mol. The van der Waals surface area contributed by atoms with Gasteiger partial charge in [0.1, 0.15) is 0 Å². The third-order valence-electron chi connectivity index (χ3n) is 9.51. The number of hydrogen-bond donors (Lipinski definition) is 0. The third kappa shape index (κ3) is 5.82. The first kappa shape index (κ1) is 34.4. The summed E-state index contributed by atoms with van der Waals surface area (Å²) in [7, 11) is 1.42. The summed E-state index contributed by atoms with van der Waals surface area (Å²) in [6.07, 6.45) is 9.24. The Balaban J connectivity index is 0.00000240. The second-order valence-electron chi connectivity index (χ2n) is 13.0. The normalized spacial score (nSPS) is 16.7. The van der Waals surface area contributed by atoms with Crippen LogP contribution in [0.1, 0.15) is 89.4 Å². The van der Waals surface area contributed by atoms with Crippen LogP contribution in [0.3, 0.4) is 0 Å². The number of para-hydroxylation sites is 1. The Hall–Kier alpha value is -4.44. The molecule has 240 valence electrons. The highest BCUT2D eigenvalue weighted by molar-refractivity contribution is 6.07. The molecule has 0 N–H and O–H groups in total. The number of carbonyl (C=O) groups is 1. The van der Waals surface area contributed by atoms with Gasteiger partial charge in [-0.05, 0) is 66.9 Å². The zero-order valence-corrected chi connectivity index (χ0v) is 26.9. The van der Waals surface area contributed by atoms with Gasteiger partial charge in [-0.3, -0.25) is 0 Å². The number of nitrogens with zero attached hydrogens (tertiary/aromatic N) is 2. The van der Waals surface area contributed by atoms with Crippen LogP contribution in [0.4, 0.5) is 11.4 Å². The number of unbranched alkanes of at least 4 members (excludes halogenated alkanes) is 1. The molecule has 0 atom stereocenters. The standard InChI is InChI=1S/C40H43N2O2.2CH4/c1-7-8-26-41-33-17-12-11-16-32(33)39(2,3)35(41)18-13-19-36-40(4,5)37-31-15-10-9-14-29(31)24-25-34(37)42(36)27-28-20-22-30(23-21-28)38(43)44-6;;/h9-25H,7-8,26-27H2,1-6H3;2*1H4/q+1;;. The van der Waals surface area contributed by atoms with E-state index in [2.05, 4.69) is 123 Å². The van der Waals surface area contributed by atoms with Gasteiger partial charge in [-0.1, -0.05) is 103 Å². The Morgan fingerprint density at radius 3 is 2.28 bits per heavy atom. The van der Waals surface area contributed by atoms with E-state index in [1.165, 1.54) is 51.8 Å². The van der Waals surface area contributed by atoms with Crippen molar-refractivity contribution in [3.8, 4) is 0 Å². The molecular weight excluding hydrogens is 564 g/mol. The zero-order chi connectivity index (χ0) is 31.1. The number of ether oxygens (including phenoxy) is 1. The molecule has 2 heterocycles. The van der Waals surface area contributed by atoms with Crippen molar-refractivity contribution in [3.63, 3.8) is 0 Å². The molecule has 46 heavy (non-hydrogen) atoms. The maximum Gasteiger partial charge on any atom is 0.337 e. The van der Waals surface area contributed by atoms with Crippen molar-refractivity contribution in [2.75, 3.05) is 18.6 Å². The maximum absolute atomic E-state index is 12.1. The Bertz CT molecular complexity index is 1820. The molecule has 6 rings (SSSR count). The quantitative estimate of drug-likeness (QED) is 0.146. The predicted octanol–water partition coefficient (Wildman–Crippen LogP) is 10.5. The van der Waals surface area contributed by atoms with Gasteiger partial charge in [0.25, 0.3) is 0 Å². The monoisotopic (exact) mass is 615 g/mol. The minimum atomic E-state index is -0.316. The first-order chi connectivity index (χ1) is 21.2. The first-order valence-electron chi connectivity index (χ1n) is 15.8. The molecule has 0 radical (unpaired) electrons. The summed E-state index contributed by atoms with van der Waals surface area (Å²) >= 11 is 0. The van der Waals surface area contributed by atoms with E-state index in [4.69, 9.17) is 4.74 Å². The van der Waals surface area contributed by atoms with Crippen molar-refractivity contribution in [3.05, 3.63) is 131 Å². The van der Waals surface area contributed by atoms with Crippen LogP contribution in [-0.2, 0) is 22.1 Å². The number of hydrogen-bond acceptors (Lipinski definition) is 3. The van der Waals surface area contributed by atoms with Gasteiger partial charge in [-0.15, -0.1) is 0 Å². The van der Waals surface area contributed by atoms with Crippen LogP contribution < -0.4 is 4.90 Å². The molecule has 0 aliphatic carbocycles. The number of methoxy groups -OCH3 is 1. The molecule has 0 saturated carbocycles. The van der Waals surface area contributed by atoms with E-state index in [0.717, 1.165) is 24.9 Å². The van der Waals surface area contributed by atoms with Gasteiger partial charge < -0.3 is 9.64 Å². The topological polar surface area (TPSA) is 32.5 Å². The van der Waals surface area contributed by atoms with E-state index in [-0.39, 0.29) is 31.7 Å². The average molecular weight is 616 g/mol. The van der Waals surface area contributed by atoms with E-state index in [1.54, 1.807) is 0 Å². The van der Waals surface area contributed by atoms with E-state index < -0.39 is 0 Å². The SMILES string of the molecule is C.C.CCCCN1C(=CC=CC2=[N+](Cc3ccc(C(=O)OC)cc3)c3ccc4ccccc4c3C2(C)C)C(C)(C)c2ccccc21. The fraction of sp³-hybridized carbons (Fsp3) is 0.333. The molecule has 4 aromatic rings. The van der Waals surface area contributed by atoms with Gasteiger partial charge in [-0.2, -0.15) is 4.58 Å². The Morgan fingerprint density at radius 2 is 1.57 bits per heavy atom. The lowest BCUT2D eigenvalue weighted by molar-refractivity contribution is -0.454. The molecule has 2 aliphatic heterocycles. The lowest BCUT2D eigenvalue weighted by Gasteiger charge is -2.27. The molecule has 0 fully saturated rings. The van der Waals surface area contributed by atoms with Crippen molar-refractivity contribution in [2.24, 2.45) is 0 Å². The Kier molecular flexibility index (Phi) is 10.1. The largest absolute Gasteiger partial charge is 0.465 e. The van der Waals surface area contributed by atoms with Gasteiger partial charge in [0.2, 0.25) is 5.69 Å². The number of benzene rings is 4. The highest BCUT2D eigenvalue weighted by Crippen LogP contribution is 2.48. The summed E-state index contributed by atoms with van der Waals surface area (Å²) in [6.45, 7) is 13.3. The van der Waals surface area contributed by atoms with Crippen LogP contribution >= 0.6 is 0 Å². The molecule has 0 saturated heterocycles. The first-order valence-corrected chi connectivity index (χ1v) is 15.8. The van der Waals surface area contributed by atoms with Crippen molar-refractivity contribution < 1.29 is 14.1 Å². The minimum Gasteiger partial charge on any atom is -0.465 e. The van der Waals surface area contributed by atoms with Crippen LogP contribution in [-0.4, -0.2) is 29.9 Å². The molecule has 4 nitrogen and oxygen atoms in total. The zero-order valence-electron chi connectivity index (χ0n) is 26.9. The van der Waals surface area contributed by atoms with Crippen LogP contribution in [0, 0.1) is 0 Å². The summed E-state index contributed by atoms with van der Waals surface area (Å²) in [6, 6.07) is 29.8. The van der Waals surface area contributed by atoms with Gasteiger partial charge in [0.05, 0.1) is 18.1 Å². The van der Waals surface area contributed by atoms with E-state index in [9.17, 15) is 4.79 Å². The smallest absolute Gasteiger partial charge is 0.337 e. The Morgan fingerprint density at radius 1 is 0.870 bits per heavy atom. The third-order valence-corrected chi connectivity index (χ3v) is 9.51. The van der Waals surface area contributed by atoms with Gasteiger partial charge in [0.15, 0.2) is 12.3 Å². The lowest BCUT2D eigenvalue weighted by Crippen LogP contribution is -2.28. The fourth-order valence-electron chi connectivity index (χ4n) is 7.18. The highest BCUT2D eigenvalue weighted by atomic mass is 16.5. The van der Waals surface area contributed by atoms with E-state index in [1.807, 2.05) is 24.3 Å². The van der Waals surface area contributed by atoms with Crippen LogP contribution in [0.2, 0.25) is 0 Å². The number of allylic oxidation sites excluding steroid dienone is 4. The number of fused-ring (bicyclic) bond motifs is 4. The summed E-state index contributed by atoms with van der Waals surface area (Å²) in [5, 5.41) is 2.55. The molecule has 2 aliphatic rings. The lowest BCUT2D eigenvalue weighted by atomic mass is 9.79. The van der Waals surface area contributed by atoms with Crippen LogP contribution in [0.15, 0.2) is 109 Å². The Labute approximate surface area is 276 Å². The molecule has 0 aromatic heterocycles. The van der Waals surface area contributed by atoms with E-state index in [0.29, 0.717) is 12.1 Å². The van der Waals surface area contributed by atoms with Crippen molar-refractivity contribution >= 4 is 33.8 Å². The molecule has 0 bridgehead atoms. The molecule has 0 spiro atoms. The molecule has 0 unspecified atom stereocenters. The molecule has 4 aromatic carbocycles. The van der Waals surface area contributed by atoms with E-state index >= 15 is 0 Å². The average Bonchev–Trinajstić information content (AvgIpc) is 3.38. The maximum atomic E-state index is 12.1. The second kappa shape index (κ2) is 13.5. The minimum absolute atomic E-state index is 0. The highest BCUT2D eigenvalue weighted by Gasteiger charge is 2.45. The summed E-state index contributed by atoms with van der Waals surface area (Å²) in [4.78, 5) is 14.6. The molecule has 4 heteroatoms. The summed E-state index contributed by atoms with van der Waals surface area (Å²) < 4.78 is 7.37. The van der Waals surface area contributed by atoms with Crippen molar-refractivity contribution in [1.82, 2.24) is 0 Å². The van der Waals surface area contributed by atoms with Gasteiger partial charge in [-0.25, -0.2) is 4.79 Å². The van der Waals surface area contributed by atoms with Gasteiger partial charge >= 0.3 is 5.97 Å². The molecular formula is C42H51N2O2+. The number of carbonyl (C=O) groups excluding carboxylic acids is 1. The van der Waals surface area contributed by atoms with Crippen molar-refractivity contribution in [1.29, 1.82) is 0 Å². The second-order valence-corrected chi connectivity index (χ2v) is 13.0.